The van der Waals surface area contributed by atoms with Crippen LogP contribution in [0.15, 0.2) is 48.5 Å². The van der Waals surface area contributed by atoms with Crippen molar-refractivity contribution in [3.63, 3.8) is 0 Å². The van der Waals surface area contributed by atoms with Crippen LogP contribution in [0.25, 0.3) is 0 Å². The van der Waals surface area contributed by atoms with Crippen molar-refractivity contribution < 1.29 is 38.7 Å². The molecular weight excluding hydrogens is 452 g/mol. The maximum atomic E-state index is 11.4. The molecule has 4 rings (SSSR count). The first-order chi connectivity index (χ1) is 16.9. The van der Waals surface area contributed by atoms with Crippen LogP contribution in [0.5, 0.6) is 23.0 Å². The standard InChI is InChI=1S/C27H26O8/c1-32-22-11-16(5-9-20(22)26(28)29)3-7-18-13-24-25(35-15-34-24)14-19(18)8-4-17-6-10-21(27(30)31)23(12-17)33-2/h5-6,9-14H,3-4,7-8,15H2,1-2H3,(H,28,29)(H,30,31). The molecule has 0 amide bonds. The van der Waals surface area contributed by atoms with Crippen LogP contribution >= 0.6 is 0 Å². The van der Waals surface area contributed by atoms with Crippen LogP contribution in [0.1, 0.15) is 43.0 Å². The second kappa shape index (κ2) is 10.4. The summed E-state index contributed by atoms with van der Waals surface area (Å²) in [6.45, 7) is 0.180. The van der Waals surface area contributed by atoms with Gasteiger partial charge in [-0.1, -0.05) is 12.1 Å². The van der Waals surface area contributed by atoms with Gasteiger partial charge in [-0.3, -0.25) is 0 Å². The van der Waals surface area contributed by atoms with E-state index < -0.39 is 11.9 Å². The van der Waals surface area contributed by atoms with Gasteiger partial charge in [-0.15, -0.1) is 0 Å². The van der Waals surface area contributed by atoms with Crippen molar-refractivity contribution in [3.05, 3.63) is 81.9 Å². The van der Waals surface area contributed by atoms with E-state index in [0.29, 0.717) is 48.7 Å². The van der Waals surface area contributed by atoms with E-state index in [2.05, 4.69) is 0 Å². The van der Waals surface area contributed by atoms with Crippen LogP contribution in [-0.4, -0.2) is 43.2 Å². The maximum Gasteiger partial charge on any atom is 0.339 e. The predicted octanol–water partition coefficient (Wildman–Crippen LogP) is 4.40. The Kier molecular flexibility index (Phi) is 7.10. The van der Waals surface area contributed by atoms with Gasteiger partial charge in [-0.05, 0) is 84.3 Å². The fourth-order valence-corrected chi connectivity index (χ4v) is 4.19. The number of fused-ring (bicyclic) bond motifs is 1. The highest BCUT2D eigenvalue weighted by atomic mass is 16.7. The third kappa shape index (κ3) is 5.32. The monoisotopic (exact) mass is 478 g/mol. The van der Waals surface area contributed by atoms with Crippen LogP contribution < -0.4 is 18.9 Å². The maximum absolute atomic E-state index is 11.4. The number of rotatable bonds is 10. The lowest BCUT2D eigenvalue weighted by Crippen LogP contribution is -2.04. The van der Waals surface area contributed by atoms with E-state index in [0.717, 1.165) is 22.3 Å². The fraction of sp³-hybridized carbons (Fsp3) is 0.259. The van der Waals surface area contributed by atoms with Gasteiger partial charge < -0.3 is 29.2 Å². The van der Waals surface area contributed by atoms with Crippen molar-refractivity contribution in [1.29, 1.82) is 0 Å². The molecule has 35 heavy (non-hydrogen) atoms. The molecule has 0 atom stereocenters. The number of aryl methyl sites for hydroxylation is 4. The molecule has 1 aliphatic heterocycles. The number of methoxy groups -OCH3 is 2. The Morgan fingerprint density at radius 2 is 1.14 bits per heavy atom. The normalized spacial score (nSPS) is 11.8. The number of carboxylic acid groups (broad SMARTS) is 2. The predicted molar refractivity (Wildman–Crippen MR) is 127 cm³/mol. The highest BCUT2D eigenvalue weighted by Crippen LogP contribution is 2.36. The molecule has 0 saturated heterocycles. The van der Waals surface area contributed by atoms with Crippen molar-refractivity contribution in [3.8, 4) is 23.0 Å². The molecule has 1 heterocycles. The van der Waals surface area contributed by atoms with E-state index in [1.807, 2.05) is 12.1 Å². The average molecular weight is 478 g/mol. The molecule has 182 valence electrons. The molecule has 0 saturated carbocycles. The van der Waals surface area contributed by atoms with Gasteiger partial charge in [-0.2, -0.15) is 0 Å². The molecule has 0 aliphatic carbocycles. The van der Waals surface area contributed by atoms with Crippen molar-refractivity contribution in [2.45, 2.75) is 25.7 Å². The van der Waals surface area contributed by atoms with E-state index in [4.69, 9.17) is 18.9 Å². The van der Waals surface area contributed by atoms with E-state index in [-0.39, 0.29) is 17.9 Å². The molecule has 0 bridgehead atoms. The summed E-state index contributed by atoms with van der Waals surface area (Å²) in [5, 5.41) is 18.6. The topological polar surface area (TPSA) is 112 Å². The van der Waals surface area contributed by atoms with Crippen LogP contribution in [0.3, 0.4) is 0 Å². The van der Waals surface area contributed by atoms with E-state index >= 15 is 0 Å². The summed E-state index contributed by atoms with van der Waals surface area (Å²) >= 11 is 0. The molecule has 8 heteroatoms. The highest BCUT2D eigenvalue weighted by molar-refractivity contribution is 5.91. The van der Waals surface area contributed by atoms with E-state index in [1.165, 1.54) is 14.2 Å². The molecule has 0 fully saturated rings. The number of benzene rings is 3. The minimum absolute atomic E-state index is 0.129. The second-order valence-electron chi connectivity index (χ2n) is 8.15. The zero-order valence-electron chi connectivity index (χ0n) is 19.5. The summed E-state index contributed by atoms with van der Waals surface area (Å²) < 4.78 is 21.6. The lowest BCUT2D eigenvalue weighted by atomic mass is 9.94. The van der Waals surface area contributed by atoms with Crippen LogP contribution in [0.4, 0.5) is 0 Å². The van der Waals surface area contributed by atoms with E-state index in [1.54, 1.807) is 36.4 Å². The molecule has 0 radical (unpaired) electrons. The van der Waals surface area contributed by atoms with Gasteiger partial charge in [0.05, 0.1) is 14.2 Å². The minimum atomic E-state index is -1.03. The quantitative estimate of drug-likeness (QED) is 0.441. The van der Waals surface area contributed by atoms with Gasteiger partial charge in [0, 0.05) is 0 Å². The highest BCUT2D eigenvalue weighted by Gasteiger charge is 2.18. The summed E-state index contributed by atoms with van der Waals surface area (Å²) in [6, 6.07) is 14.2. The SMILES string of the molecule is COc1cc(CCc2cc3c(cc2CCc2ccc(C(=O)O)c(OC)c2)OCO3)ccc1C(=O)O. The van der Waals surface area contributed by atoms with Crippen LogP contribution in [0.2, 0.25) is 0 Å². The molecule has 2 N–H and O–H groups in total. The lowest BCUT2D eigenvalue weighted by Gasteiger charge is -2.13. The first kappa shape index (κ1) is 23.9. The molecule has 0 aromatic heterocycles. The van der Waals surface area contributed by atoms with Crippen molar-refractivity contribution in [1.82, 2.24) is 0 Å². The van der Waals surface area contributed by atoms with Gasteiger partial charge in [0.2, 0.25) is 6.79 Å². The molecule has 0 unspecified atom stereocenters. The first-order valence-corrected chi connectivity index (χ1v) is 11.1. The van der Waals surface area contributed by atoms with Crippen LogP contribution in [-0.2, 0) is 25.7 Å². The molecule has 1 aliphatic rings. The summed E-state index contributed by atoms with van der Waals surface area (Å²) in [6.07, 6.45) is 2.79. The molecule has 0 spiro atoms. The zero-order chi connectivity index (χ0) is 24.9. The Bertz CT molecular complexity index is 1170. The lowest BCUT2D eigenvalue weighted by molar-refractivity contribution is 0.0682. The first-order valence-electron chi connectivity index (χ1n) is 11.1. The smallest absolute Gasteiger partial charge is 0.339 e. The number of aromatic carboxylic acids is 2. The minimum Gasteiger partial charge on any atom is -0.496 e. The summed E-state index contributed by atoms with van der Waals surface area (Å²) in [4.78, 5) is 22.7. The average Bonchev–Trinajstić information content (AvgIpc) is 3.32. The Hall–Kier alpha value is -4.20. The Labute approximate surface area is 202 Å². The van der Waals surface area contributed by atoms with Crippen molar-refractivity contribution in [2.75, 3.05) is 21.0 Å². The van der Waals surface area contributed by atoms with Crippen molar-refractivity contribution >= 4 is 11.9 Å². The van der Waals surface area contributed by atoms with Gasteiger partial charge in [0.1, 0.15) is 22.6 Å². The number of ether oxygens (including phenoxy) is 4. The number of carboxylic acids is 2. The number of carbonyl (C=O) groups is 2. The van der Waals surface area contributed by atoms with E-state index in [9.17, 15) is 19.8 Å². The summed E-state index contributed by atoms with van der Waals surface area (Å²) in [5.41, 5.74) is 4.39. The Morgan fingerprint density at radius 3 is 1.51 bits per heavy atom. The third-order valence-electron chi connectivity index (χ3n) is 6.05. The largest absolute Gasteiger partial charge is 0.496 e. The van der Waals surface area contributed by atoms with Gasteiger partial charge in [-0.25, -0.2) is 9.59 Å². The van der Waals surface area contributed by atoms with Gasteiger partial charge in [0.25, 0.3) is 0 Å². The van der Waals surface area contributed by atoms with Gasteiger partial charge >= 0.3 is 11.9 Å². The zero-order valence-corrected chi connectivity index (χ0v) is 19.5. The second-order valence-corrected chi connectivity index (χ2v) is 8.15. The Morgan fingerprint density at radius 1 is 0.714 bits per heavy atom. The summed E-state index contributed by atoms with van der Waals surface area (Å²) in [5.74, 6) is 0.0170. The molecule has 3 aromatic carbocycles. The molecule has 8 nitrogen and oxygen atoms in total. The van der Waals surface area contributed by atoms with Gasteiger partial charge in [0.15, 0.2) is 11.5 Å². The number of hydrogen-bond donors (Lipinski definition) is 2. The summed E-state index contributed by atoms with van der Waals surface area (Å²) in [7, 11) is 2.92. The molecule has 3 aromatic rings. The van der Waals surface area contributed by atoms with Crippen molar-refractivity contribution in [2.24, 2.45) is 0 Å². The Balaban J connectivity index is 1.54. The third-order valence-corrected chi connectivity index (χ3v) is 6.05. The molecular formula is C27H26O8. The van der Waals surface area contributed by atoms with Crippen LogP contribution in [0, 0.1) is 0 Å². The number of hydrogen-bond acceptors (Lipinski definition) is 6. The fourth-order valence-electron chi connectivity index (χ4n) is 4.19.